The van der Waals surface area contributed by atoms with E-state index in [4.69, 9.17) is 4.42 Å². The maximum atomic E-state index is 12.0. The Morgan fingerprint density at radius 1 is 1.13 bits per heavy atom. The van der Waals surface area contributed by atoms with Gasteiger partial charge in [-0.2, -0.15) is 5.26 Å². The number of H-pyrrole nitrogens is 1. The standard InChI is InChI=1S/C22H16N4O4S/c1-14(27)26-31(28,29)18-9-6-15(7-10-18)21-11-8-17(30-21)12-16(13-23)22-24-19-4-2-3-5-20(19)25-22/h2-12H,1H3,(H,24,25)(H,26,27). The summed E-state index contributed by atoms with van der Waals surface area (Å²) in [6.07, 6.45) is 1.58. The van der Waals surface area contributed by atoms with Gasteiger partial charge < -0.3 is 9.40 Å². The number of nitrogens with zero attached hydrogens (tertiary/aromatic N) is 2. The molecule has 2 aromatic carbocycles. The number of allylic oxidation sites excluding steroid dienone is 1. The molecule has 9 heteroatoms. The van der Waals surface area contributed by atoms with E-state index in [9.17, 15) is 18.5 Å². The van der Waals surface area contributed by atoms with Crippen molar-refractivity contribution in [3.8, 4) is 17.4 Å². The number of benzene rings is 2. The number of aromatic amines is 1. The first kappa shape index (κ1) is 20.1. The van der Waals surface area contributed by atoms with Gasteiger partial charge in [-0.25, -0.2) is 18.1 Å². The summed E-state index contributed by atoms with van der Waals surface area (Å²) in [5.74, 6) is 0.719. The van der Waals surface area contributed by atoms with Crippen LogP contribution in [0.2, 0.25) is 0 Å². The van der Waals surface area contributed by atoms with Crippen LogP contribution in [0.4, 0.5) is 0 Å². The van der Waals surface area contributed by atoms with Crippen LogP contribution in [-0.2, 0) is 14.8 Å². The minimum absolute atomic E-state index is 0.0326. The van der Waals surface area contributed by atoms with Gasteiger partial charge in [0.1, 0.15) is 23.4 Å². The van der Waals surface area contributed by atoms with E-state index in [1.54, 1.807) is 30.3 Å². The molecular formula is C22H16N4O4S. The zero-order valence-corrected chi connectivity index (χ0v) is 17.1. The van der Waals surface area contributed by atoms with E-state index in [2.05, 4.69) is 16.0 Å². The molecule has 154 valence electrons. The molecule has 2 aromatic heterocycles. The average Bonchev–Trinajstić information content (AvgIpc) is 3.38. The van der Waals surface area contributed by atoms with Gasteiger partial charge in [-0.05, 0) is 48.5 Å². The fourth-order valence-electron chi connectivity index (χ4n) is 3.01. The molecule has 2 N–H and O–H groups in total. The smallest absolute Gasteiger partial charge is 0.264 e. The number of amides is 1. The van der Waals surface area contributed by atoms with Crippen LogP contribution in [0.3, 0.4) is 0 Å². The lowest BCUT2D eigenvalue weighted by Crippen LogP contribution is -2.28. The monoisotopic (exact) mass is 432 g/mol. The van der Waals surface area contributed by atoms with Crippen molar-refractivity contribution in [1.82, 2.24) is 14.7 Å². The highest BCUT2D eigenvalue weighted by Crippen LogP contribution is 2.26. The second kappa shape index (κ2) is 7.93. The number of carbonyl (C=O) groups excluding carboxylic acids is 1. The summed E-state index contributed by atoms with van der Waals surface area (Å²) in [5, 5.41) is 9.55. The van der Waals surface area contributed by atoms with Crippen LogP contribution < -0.4 is 4.72 Å². The third-order valence-electron chi connectivity index (χ3n) is 4.41. The van der Waals surface area contributed by atoms with Crippen molar-refractivity contribution >= 4 is 38.6 Å². The number of nitrogens with one attached hydrogen (secondary N) is 2. The zero-order chi connectivity index (χ0) is 22.0. The van der Waals surface area contributed by atoms with Crippen molar-refractivity contribution in [3.05, 3.63) is 72.2 Å². The molecule has 0 aliphatic heterocycles. The Morgan fingerprint density at radius 2 is 1.87 bits per heavy atom. The van der Waals surface area contributed by atoms with E-state index in [-0.39, 0.29) is 4.90 Å². The molecule has 0 fully saturated rings. The molecule has 0 aliphatic rings. The van der Waals surface area contributed by atoms with Crippen molar-refractivity contribution in [1.29, 1.82) is 5.26 Å². The highest BCUT2D eigenvalue weighted by atomic mass is 32.2. The summed E-state index contributed by atoms with van der Waals surface area (Å²) in [6, 6.07) is 18.9. The van der Waals surface area contributed by atoms with Crippen LogP contribution in [0, 0.1) is 11.3 Å². The molecule has 0 saturated carbocycles. The second-order valence-corrected chi connectivity index (χ2v) is 8.34. The molecule has 0 spiro atoms. The third kappa shape index (κ3) is 4.24. The summed E-state index contributed by atoms with van der Waals surface area (Å²) in [7, 11) is -3.90. The third-order valence-corrected chi connectivity index (χ3v) is 5.85. The number of hydrogen-bond acceptors (Lipinski definition) is 6. The van der Waals surface area contributed by atoms with E-state index in [0.717, 1.165) is 18.0 Å². The molecule has 0 bridgehead atoms. The van der Waals surface area contributed by atoms with E-state index in [1.165, 1.54) is 12.1 Å². The first-order chi connectivity index (χ1) is 14.9. The summed E-state index contributed by atoms with van der Waals surface area (Å²) in [6.45, 7) is 1.13. The van der Waals surface area contributed by atoms with Gasteiger partial charge >= 0.3 is 0 Å². The number of imidazole rings is 1. The molecule has 4 rings (SSSR count). The summed E-state index contributed by atoms with van der Waals surface area (Å²) in [4.78, 5) is 18.5. The van der Waals surface area contributed by atoms with E-state index < -0.39 is 15.9 Å². The highest BCUT2D eigenvalue weighted by molar-refractivity contribution is 7.90. The SMILES string of the molecule is CC(=O)NS(=O)(=O)c1ccc(-c2ccc(C=C(C#N)c3nc4ccccc4[nH]3)o2)cc1. The molecule has 0 aliphatic carbocycles. The number of para-hydroxylation sites is 2. The van der Waals surface area contributed by atoms with Crippen molar-refractivity contribution < 1.29 is 17.6 Å². The van der Waals surface area contributed by atoms with Gasteiger partial charge in [0.15, 0.2) is 0 Å². The Labute approximate surface area is 177 Å². The Bertz CT molecular complexity index is 1420. The maximum absolute atomic E-state index is 12.0. The second-order valence-electron chi connectivity index (χ2n) is 6.66. The first-order valence-electron chi connectivity index (χ1n) is 9.16. The van der Waals surface area contributed by atoms with Gasteiger partial charge in [-0.15, -0.1) is 0 Å². The summed E-state index contributed by atoms with van der Waals surface area (Å²) < 4.78 is 31.8. The molecule has 1 amide bonds. The van der Waals surface area contributed by atoms with Crippen LogP contribution in [-0.4, -0.2) is 24.3 Å². The van der Waals surface area contributed by atoms with E-state index >= 15 is 0 Å². The van der Waals surface area contributed by atoms with Gasteiger partial charge in [-0.3, -0.25) is 4.79 Å². The molecule has 2 heterocycles. The summed E-state index contributed by atoms with van der Waals surface area (Å²) in [5.41, 5.74) is 2.54. The number of sulfonamides is 1. The van der Waals surface area contributed by atoms with Gasteiger partial charge in [0.2, 0.25) is 5.91 Å². The maximum Gasteiger partial charge on any atom is 0.264 e. The van der Waals surface area contributed by atoms with Crippen molar-refractivity contribution in [2.75, 3.05) is 0 Å². The Morgan fingerprint density at radius 3 is 2.55 bits per heavy atom. The van der Waals surface area contributed by atoms with Crippen molar-refractivity contribution in [2.24, 2.45) is 0 Å². The number of nitriles is 1. The van der Waals surface area contributed by atoms with E-state index in [0.29, 0.717) is 28.5 Å². The number of rotatable bonds is 5. The molecule has 0 radical (unpaired) electrons. The number of furan rings is 1. The highest BCUT2D eigenvalue weighted by Gasteiger charge is 2.16. The van der Waals surface area contributed by atoms with Gasteiger partial charge in [-0.1, -0.05) is 12.1 Å². The molecule has 4 aromatic rings. The lowest BCUT2D eigenvalue weighted by atomic mass is 10.2. The Balaban J connectivity index is 1.60. The molecule has 8 nitrogen and oxygen atoms in total. The van der Waals surface area contributed by atoms with Gasteiger partial charge in [0.25, 0.3) is 10.0 Å². The normalized spacial score (nSPS) is 11.9. The van der Waals surface area contributed by atoms with Crippen LogP contribution >= 0.6 is 0 Å². The van der Waals surface area contributed by atoms with Crippen molar-refractivity contribution in [2.45, 2.75) is 11.8 Å². The van der Waals surface area contributed by atoms with Gasteiger partial charge in [0.05, 0.1) is 21.5 Å². The molecule has 31 heavy (non-hydrogen) atoms. The topological polar surface area (TPSA) is 129 Å². The number of hydrogen-bond donors (Lipinski definition) is 2. The van der Waals surface area contributed by atoms with E-state index in [1.807, 2.05) is 29.0 Å². The number of aromatic nitrogens is 2. The average molecular weight is 432 g/mol. The van der Waals surface area contributed by atoms with Crippen LogP contribution in [0.1, 0.15) is 18.5 Å². The van der Waals surface area contributed by atoms with Crippen LogP contribution in [0.5, 0.6) is 0 Å². The largest absolute Gasteiger partial charge is 0.457 e. The van der Waals surface area contributed by atoms with Crippen molar-refractivity contribution in [3.63, 3.8) is 0 Å². The summed E-state index contributed by atoms with van der Waals surface area (Å²) >= 11 is 0. The lowest BCUT2D eigenvalue weighted by molar-refractivity contribution is -0.117. The Hall–Kier alpha value is -4.16. The molecule has 0 unspecified atom stereocenters. The number of carbonyl (C=O) groups is 1. The van der Waals surface area contributed by atoms with Crippen LogP contribution in [0.15, 0.2) is 70.0 Å². The lowest BCUT2D eigenvalue weighted by Gasteiger charge is -2.05. The fraction of sp³-hybridized carbons (Fsp3) is 0.0455. The fourth-order valence-corrected chi connectivity index (χ4v) is 4.00. The van der Waals surface area contributed by atoms with Crippen LogP contribution in [0.25, 0.3) is 34.0 Å². The van der Waals surface area contributed by atoms with Gasteiger partial charge in [0, 0.05) is 18.6 Å². The Kier molecular flexibility index (Phi) is 5.15. The number of fused-ring (bicyclic) bond motifs is 1. The molecular weight excluding hydrogens is 416 g/mol. The minimum Gasteiger partial charge on any atom is -0.457 e. The predicted molar refractivity (Wildman–Crippen MR) is 115 cm³/mol. The molecule has 0 saturated heterocycles. The molecule has 0 atom stereocenters. The first-order valence-corrected chi connectivity index (χ1v) is 10.6. The quantitative estimate of drug-likeness (QED) is 0.463. The predicted octanol–water partition coefficient (Wildman–Crippen LogP) is 3.71. The minimum atomic E-state index is -3.90. The zero-order valence-electron chi connectivity index (χ0n) is 16.3.